The van der Waals surface area contributed by atoms with Crippen LogP contribution >= 0.6 is 15.9 Å². The first-order valence-corrected chi connectivity index (χ1v) is 10.1. The van der Waals surface area contributed by atoms with E-state index in [1.165, 1.54) is 12.1 Å². The molecule has 3 N–H and O–H groups in total. The van der Waals surface area contributed by atoms with Crippen LogP contribution in [-0.2, 0) is 4.84 Å². The number of aliphatic hydroxyl groups is 2. The van der Waals surface area contributed by atoms with Crippen LogP contribution < -0.4 is 0 Å². The van der Waals surface area contributed by atoms with Gasteiger partial charge in [0.2, 0.25) is 0 Å². The first-order valence-electron chi connectivity index (χ1n) is 8.94. The second kappa shape index (κ2) is 11.4. The van der Waals surface area contributed by atoms with E-state index >= 15 is 0 Å². The highest BCUT2D eigenvalue weighted by Crippen LogP contribution is 2.22. The lowest BCUT2D eigenvalue weighted by Crippen LogP contribution is -2.31. The molecule has 0 saturated carbocycles. The Balaban J connectivity index is 0.000000192. The fourth-order valence-corrected chi connectivity index (χ4v) is 2.59. The topological polar surface area (TPSA) is 145 Å². The lowest BCUT2D eigenvalue weighted by Gasteiger charge is -2.11. The van der Waals surface area contributed by atoms with Crippen LogP contribution in [0.1, 0.15) is 41.4 Å². The third-order valence-electron chi connectivity index (χ3n) is 3.93. The number of hydrogen-bond acceptors (Lipinski definition) is 8. The van der Waals surface area contributed by atoms with Crippen molar-refractivity contribution in [1.29, 1.82) is 0 Å². The maximum absolute atomic E-state index is 11.6. The number of alkyl halides is 1. The molecule has 0 unspecified atom stereocenters. The van der Waals surface area contributed by atoms with Gasteiger partial charge in [-0.25, -0.2) is 0 Å². The highest BCUT2D eigenvalue weighted by Gasteiger charge is 2.36. The highest BCUT2D eigenvalue weighted by atomic mass is 79.9. The fourth-order valence-electron chi connectivity index (χ4n) is 2.59. The standard InChI is InChI=1S/C10H9NO4.C8H5NO3.C2H5BrO/c12-5-6-15-11-9(13)7-3-1-2-4-8(7)10(11)14;10-7-5-3-1-2-4-6(5)8(11)9(7)12;3-1-2-4/h1-4,12H,5-6H2;1-4,12H;4H,1-2H2. The molecule has 0 aliphatic carbocycles. The number of rotatable bonds is 4. The van der Waals surface area contributed by atoms with Crippen LogP contribution in [0.5, 0.6) is 0 Å². The number of halogens is 1. The third kappa shape index (κ3) is 5.40. The Labute approximate surface area is 185 Å². The van der Waals surface area contributed by atoms with E-state index in [4.69, 9.17) is 20.3 Å². The van der Waals surface area contributed by atoms with Gasteiger partial charge in [-0.2, -0.15) is 0 Å². The zero-order chi connectivity index (χ0) is 23.0. The molecule has 2 aromatic rings. The molecule has 31 heavy (non-hydrogen) atoms. The molecular weight excluding hydrogens is 476 g/mol. The molecule has 2 aromatic carbocycles. The first kappa shape index (κ1) is 24.3. The molecule has 4 rings (SSSR count). The molecular formula is C20H19BrN2O8. The number of nitrogens with zero attached hydrogens (tertiary/aromatic N) is 2. The molecule has 4 amide bonds. The Morgan fingerprint density at radius 2 is 1.06 bits per heavy atom. The Morgan fingerprint density at radius 1 is 0.710 bits per heavy atom. The van der Waals surface area contributed by atoms with Gasteiger partial charge in [-0.05, 0) is 24.3 Å². The summed E-state index contributed by atoms with van der Waals surface area (Å²) in [7, 11) is 0. The van der Waals surface area contributed by atoms with Gasteiger partial charge in [0.05, 0.1) is 42.1 Å². The number of aliphatic hydroxyl groups excluding tert-OH is 2. The number of benzene rings is 2. The molecule has 0 atom stereocenters. The average Bonchev–Trinajstić information content (AvgIpc) is 3.18. The molecule has 0 aromatic heterocycles. The summed E-state index contributed by atoms with van der Waals surface area (Å²) in [6.07, 6.45) is 0. The molecule has 11 heteroatoms. The van der Waals surface area contributed by atoms with Crippen LogP contribution in [0.4, 0.5) is 0 Å². The number of carbonyl (C=O) groups is 4. The largest absolute Gasteiger partial charge is 0.396 e. The van der Waals surface area contributed by atoms with E-state index in [9.17, 15) is 19.2 Å². The number of amides is 4. The molecule has 0 spiro atoms. The molecule has 0 bridgehead atoms. The number of fused-ring (bicyclic) bond motifs is 2. The van der Waals surface area contributed by atoms with Gasteiger partial charge < -0.3 is 10.2 Å². The Morgan fingerprint density at radius 3 is 1.39 bits per heavy atom. The molecule has 2 aliphatic heterocycles. The molecule has 0 saturated heterocycles. The number of carbonyl (C=O) groups excluding carboxylic acids is 4. The van der Waals surface area contributed by atoms with Gasteiger partial charge in [0, 0.05) is 5.33 Å². The van der Waals surface area contributed by atoms with Gasteiger partial charge in [0.15, 0.2) is 0 Å². The highest BCUT2D eigenvalue weighted by molar-refractivity contribution is 9.09. The summed E-state index contributed by atoms with van der Waals surface area (Å²) in [5, 5.41) is 26.8. The van der Waals surface area contributed by atoms with Gasteiger partial charge in [0.25, 0.3) is 23.6 Å². The van der Waals surface area contributed by atoms with Crippen molar-refractivity contribution < 1.29 is 39.4 Å². The SMILES string of the molecule is O=C1c2ccccc2C(=O)N1O.O=C1c2ccccc2C(=O)N1OCCO.OCCBr. The van der Waals surface area contributed by atoms with Gasteiger partial charge >= 0.3 is 0 Å². The van der Waals surface area contributed by atoms with Crippen LogP contribution in [0.15, 0.2) is 48.5 Å². The van der Waals surface area contributed by atoms with E-state index in [1.807, 2.05) is 0 Å². The first-order chi connectivity index (χ1) is 14.9. The van der Waals surface area contributed by atoms with Gasteiger partial charge in [-0.1, -0.05) is 40.2 Å². The van der Waals surface area contributed by atoms with E-state index < -0.39 is 23.6 Å². The van der Waals surface area contributed by atoms with E-state index in [0.29, 0.717) is 21.5 Å². The van der Waals surface area contributed by atoms with Crippen molar-refractivity contribution in [3.8, 4) is 0 Å². The van der Waals surface area contributed by atoms with E-state index in [1.54, 1.807) is 36.4 Å². The van der Waals surface area contributed by atoms with Crippen LogP contribution in [-0.4, -0.2) is 74.3 Å². The molecule has 10 nitrogen and oxygen atoms in total. The van der Waals surface area contributed by atoms with Crippen molar-refractivity contribution in [3.63, 3.8) is 0 Å². The maximum atomic E-state index is 11.6. The summed E-state index contributed by atoms with van der Waals surface area (Å²) >= 11 is 3.00. The predicted molar refractivity (Wildman–Crippen MR) is 110 cm³/mol. The second-order valence-corrected chi connectivity index (χ2v) is 6.68. The summed E-state index contributed by atoms with van der Waals surface area (Å²) in [6.45, 7) is -0.0845. The van der Waals surface area contributed by atoms with Crippen molar-refractivity contribution in [2.45, 2.75) is 0 Å². The van der Waals surface area contributed by atoms with Crippen molar-refractivity contribution in [2.24, 2.45) is 0 Å². The maximum Gasteiger partial charge on any atom is 0.285 e. The predicted octanol–water partition coefficient (Wildman–Crippen LogP) is 1.25. The third-order valence-corrected chi connectivity index (χ3v) is 4.28. The van der Waals surface area contributed by atoms with Crippen LogP contribution in [0.2, 0.25) is 0 Å². The van der Waals surface area contributed by atoms with Crippen LogP contribution in [0.25, 0.3) is 0 Å². The minimum absolute atomic E-state index is 0.0779. The number of imide groups is 2. The lowest BCUT2D eigenvalue weighted by molar-refractivity contribution is -0.0994. The second-order valence-electron chi connectivity index (χ2n) is 5.89. The van der Waals surface area contributed by atoms with Gasteiger partial charge in [0.1, 0.15) is 0 Å². The molecule has 0 fully saturated rings. The van der Waals surface area contributed by atoms with E-state index in [-0.39, 0.29) is 36.0 Å². The van der Waals surface area contributed by atoms with Gasteiger partial charge in [-0.15, -0.1) is 10.1 Å². The zero-order valence-corrected chi connectivity index (χ0v) is 17.7. The number of hydrogen-bond donors (Lipinski definition) is 3. The summed E-state index contributed by atoms with van der Waals surface area (Å²) in [4.78, 5) is 50.2. The zero-order valence-electron chi connectivity index (χ0n) is 16.1. The Hall–Kier alpha value is -2.96. The normalized spacial score (nSPS) is 13.9. The molecule has 2 aliphatic rings. The van der Waals surface area contributed by atoms with Gasteiger partial charge in [-0.3, -0.25) is 29.2 Å². The van der Waals surface area contributed by atoms with Crippen molar-refractivity contribution in [2.75, 3.05) is 25.2 Å². The lowest BCUT2D eigenvalue weighted by atomic mass is 10.1. The van der Waals surface area contributed by atoms with Crippen molar-refractivity contribution in [3.05, 3.63) is 70.8 Å². The fraction of sp³-hybridized carbons (Fsp3) is 0.200. The van der Waals surface area contributed by atoms with Crippen molar-refractivity contribution in [1.82, 2.24) is 10.1 Å². The molecule has 164 valence electrons. The summed E-state index contributed by atoms with van der Waals surface area (Å²) in [6, 6.07) is 12.8. The van der Waals surface area contributed by atoms with Crippen LogP contribution in [0, 0.1) is 0 Å². The Kier molecular flexibility index (Phi) is 8.97. The monoisotopic (exact) mass is 494 g/mol. The Bertz CT molecular complexity index is 909. The van der Waals surface area contributed by atoms with E-state index in [2.05, 4.69) is 15.9 Å². The summed E-state index contributed by atoms with van der Waals surface area (Å²) in [5.41, 5.74) is 1.18. The average molecular weight is 495 g/mol. The smallest absolute Gasteiger partial charge is 0.285 e. The van der Waals surface area contributed by atoms with Crippen LogP contribution in [0.3, 0.4) is 0 Å². The minimum Gasteiger partial charge on any atom is -0.396 e. The van der Waals surface area contributed by atoms with E-state index in [0.717, 1.165) is 0 Å². The quantitative estimate of drug-likeness (QED) is 0.327. The summed E-state index contributed by atoms with van der Waals surface area (Å²) < 4.78 is 0. The minimum atomic E-state index is -0.657. The number of hydroxylamine groups is 4. The molecule has 2 heterocycles. The summed E-state index contributed by atoms with van der Waals surface area (Å²) in [5.74, 6) is -2.28. The van der Waals surface area contributed by atoms with Crippen molar-refractivity contribution >= 4 is 39.6 Å². The molecule has 0 radical (unpaired) electrons.